The van der Waals surface area contributed by atoms with E-state index in [4.69, 9.17) is 19.0 Å². The van der Waals surface area contributed by atoms with E-state index in [0.29, 0.717) is 32.2 Å². The van der Waals surface area contributed by atoms with E-state index in [1.54, 1.807) is 6.92 Å². The molecule has 0 heterocycles. The number of carbonyl (C=O) groups excluding carboxylic acids is 1. The molecule has 0 aliphatic carbocycles. The Morgan fingerprint density at radius 1 is 1.04 bits per heavy atom. The molecular formula is C19H31NO5. The van der Waals surface area contributed by atoms with Crippen molar-refractivity contribution >= 4 is 5.97 Å². The predicted molar refractivity (Wildman–Crippen MR) is 96.6 cm³/mol. The van der Waals surface area contributed by atoms with Crippen LogP contribution >= 0.6 is 0 Å². The van der Waals surface area contributed by atoms with Gasteiger partial charge in [0.1, 0.15) is 18.4 Å². The minimum Gasteiger partial charge on any atom is -0.462 e. The molecule has 1 rings (SSSR count). The van der Waals surface area contributed by atoms with Crippen molar-refractivity contribution in [1.29, 1.82) is 0 Å². The topological polar surface area (TPSA) is 66.0 Å². The molecular weight excluding hydrogens is 322 g/mol. The molecule has 1 atom stereocenters. The van der Waals surface area contributed by atoms with Crippen molar-refractivity contribution in [1.82, 2.24) is 5.48 Å². The van der Waals surface area contributed by atoms with Gasteiger partial charge in [0.2, 0.25) is 0 Å². The monoisotopic (exact) mass is 353 g/mol. The smallest absolute Gasteiger partial charge is 0.326 e. The first-order chi connectivity index (χ1) is 11.8. The average molecular weight is 353 g/mol. The number of rotatable bonds is 11. The lowest BCUT2D eigenvalue weighted by Crippen LogP contribution is -2.38. The summed E-state index contributed by atoms with van der Waals surface area (Å²) in [5, 5.41) is 0. The largest absolute Gasteiger partial charge is 0.462 e. The molecule has 0 fully saturated rings. The van der Waals surface area contributed by atoms with Gasteiger partial charge in [0, 0.05) is 6.61 Å². The second kappa shape index (κ2) is 11.1. The Kier molecular flexibility index (Phi) is 9.49. The molecule has 0 spiro atoms. The first-order valence-electron chi connectivity index (χ1n) is 8.69. The van der Waals surface area contributed by atoms with E-state index in [1.807, 2.05) is 31.2 Å². The average Bonchev–Trinajstić information content (AvgIpc) is 2.58. The lowest BCUT2D eigenvalue weighted by Gasteiger charge is -2.19. The van der Waals surface area contributed by atoms with Crippen LogP contribution in [-0.2, 0) is 24.4 Å². The van der Waals surface area contributed by atoms with Gasteiger partial charge in [-0.15, -0.1) is 5.48 Å². The van der Waals surface area contributed by atoms with Gasteiger partial charge in [0.25, 0.3) is 0 Å². The van der Waals surface area contributed by atoms with Crippen LogP contribution in [0.5, 0.6) is 5.75 Å². The van der Waals surface area contributed by atoms with Crippen LogP contribution in [0.1, 0.15) is 40.2 Å². The normalized spacial score (nSPS) is 12.7. The summed E-state index contributed by atoms with van der Waals surface area (Å²) in [5.41, 5.74) is 4.00. The minimum atomic E-state index is -0.578. The molecule has 6 nitrogen and oxygen atoms in total. The second-order valence-corrected chi connectivity index (χ2v) is 6.69. The van der Waals surface area contributed by atoms with Gasteiger partial charge in [-0.3, -0.25) is 4.79 Å². The fraction of sp³-hybridized carbons (Fsp3) is 0.632. The molecule has 0 aromatic heterocycles. The molecule has 0 aliphatic heterocycles. The summed E-state index contributed by atoms with van der Waals surface area (Å²) in [4.78, 5) is 17.3. The maximum absolute atomic E-state index is 11.8. The molecule has 1 unspecified atom stereocenters. The van der Waals surface area contributed by atoms with Crippen LogP contribution in [0.4, 0.5) is 0 Å². The zero-order valence-corrected chi connectivity index (χ0v) is 16.0. The Bertz CT molecular complexity index is 496. The molecule has 0 saturated carbocycles. The lowest BCUT2D eigenvalue weighted by atomic mass is 9.87. The van der Waals surface area contributed by atoms with Crippen molar-refractivity contribution in [3.8, 4) is 5.75 Å². The summed E-state index contributed by atoms with van der Waals surface area (Å²) in [6.07, 6.45) is 0. The Balaban J connectivity index is 2.22. The summed E-state index contributed by atoms with van der Waals surface area (Å²) in [6, 6.07) is 7.19. The highest BCUT2D eigenvalue weighted by molar-refractivity contribution is 5.75. The van der Waals surface area contributed by atoms with Crippen molar-refractivity contribution in [2.75, 3.05) is 33.0 Å². The van der Waals surface area contributed by atoms with E-state index in [2.05, 4.69) is 26.3 Å². The maximum Gasteiger partial charge on any atom is 0.326 e. The van der Waals surface area contributed by atoms with Crippen molar-refractivity contribution in [3.63, 3.8) is 0 Å². The summed E-state index contributed by atoms with van der Waals surface area (Å²) in [5.74, 6) is 0.256. The van der Waals surface area contributed by atoms with Crippen molar-refractivity contribution in [2.24, 2.45) is 0 Å². The third kappa shape index (κ3) is 8.86. The van der Waals surface area contributed by atoms with Gasteiger partial charge in [0.05, 0.1) is 19.8 Å². The van der Waals surface area contributed by atoms with Crippen LogP contribution in [0.25, 0.3) is 0 Å². The lowest BCUT2D eigenvalue weighted by molar-refractivity contribution is -0.149. The molecule has 1 aromatic rings. The van der Waals surface area contributed by atoms with Gasteiger partial charge in [0.15, 0.2) is 0 Å². The van der Waals surface area contributed by atoms with E-state index < -0.39 is 6.04 Å². The molecule has 0 amide bonds. The summed E-state index contributed by atoms with van der Waals surface area (Å²) >= 11 is 0. The third-order valence-electron chi connectivity index (χ3n) is 3.48. The standard InChI is InChI=1S/C19H31NO5/c1-6-22-11-12-23-13-14-24-18(21)15(2)20-25-17-9-7-16(8-10-17)19(3,4)5/h7-10,15,20H,6,11-14H2,1-5H3. The quantitative estimate of drug-likeness (QED) is 0.375. The Morgan fingerprint density at radius 3 is 2.24 bits per heavy atom. The molecule has 0 bridgehead atoms. The van der Waals surface area contributed by atoms with Crippen LogP contribution in [0.3, 0.4) is 0 Å². The number of ether oxygens (including phenoxy) is 3. The highest BCUT2D eigenvalue weighted by atomic mass is 16.7. The highest BCUT2D eigenvalue weighted by Gasteiger charge is 2.16. The first-order valence-corrected chi connectivity index (χ1v) is 8.69. The zero-order valence-electron chi connectivity index (χ0n) is 16.0. The van der Waals surface area contributed by atoms with E-state index in [1.165, 1.54) is 5.56 Å². The van der Waals surface area contributed by atoms with E-state index in [-0.39, 0.29) is 18.0 Å². The molecule has 1 N–H and O–H groups in total. The van der Waals surface area contributed by atoms with Crippen LogP contribution in [0.15, 0.2) is 24.3 Å². The van der Waals surface area contributed by atoms with Crippen LogP contribution in [-0.4, -0.2) is 45.0 Å². The Morgan fingerprint density at radius 2 is 1.64 bits per heavy atom. The second-order valence-electron chi connectivity index (χ2n) is 6.69. The highest BCUT2D eigenvalue weighted by Crippen LogP contribution is 2.23. The fourth-order valence-corrected chi connectivity index (χ4v) is 1.92. The SMILES string of the molecule is CCOCCOCCOC(=O)C(C)NOc1ccc(C(C)(C)C)cc1. The van der Waals surface area contributed by atoms with Gasteiger partial charge in [-0.25, -0.2) is 0 Å². The first kappa shape index (κ1) is 21.4. The van der Waals surface area contributed by atoms with Gasteiger partial charge in [-0.05, 0) is 37.0 Å². The minimum absolute atomic E-state index is 0.0911. The summed E-state index contributed by atoms with van der Waals surface area (Å²) in [7, 11) is 0. The van der Waals surface area contributed by atoms with Crippen LogP contribution < -0.4 is 10.3 Å². The molecule has 25 heavy (non-hydrogen) atoms. The van der Waals surface area contributed by atoms with Gasteiger partial charge in [-0.2, -0.15) is 0 Å². The number of carbonyl (C=O) groups is 1. The van der Waals surface area contributed by atoms with Crippen molar-refractivity contribution in [3.05, 3.63) is 29.8 Å². The van der Waals surface area contributed by atoms with E-state index in [9.17, 15) is 4.79 Å². The third-order valence-corrected chi connectivity index (χ3v) is 3.48. The number of hydroxylamine groups is 1. The van der Waals surface area contributed by atoms with Gasteiger partial charge >= 0.3 is 5.97 Å². The summed E-state index contributed by atoms with van der Waals surface area (Å²) < 4.78 is 15.5. The number of nitrogens with one attached hydrogen (secondary N) is 1. The molecule has 142 valence electrons. The molecule has 6 heteroatoms. The summed E-state index contributed by atoms with van der Waals surface area (Å²) in [6.45, 7) is 12.3. The van der Waals surface area contributed by atoms with Crippen molar-refractivity contribution in [2.45, 2.75) is 46.1 Å². The number of esters is 1. The fourth-order valence-electron chi connectivity index (χ4n) is 1.92. The van der Waals surface area contributed by atoms with E-state index in [0.717, 1.165) is 0 Å². The van der Waals surface area contributed by atoms with Crippen LogP contribution in [0, 0.1) is 0 Å². The Labute approximate surface area is 150 Å². The molecule has 1 aromatic carbocycles. The van der Waals surface area contributed by atoms with Gasteiger partial charge in [-0.1, -0.05) is 32.9 Å². The van der Waals surface area contributed by atoms with E-state index >= 15 is 0 Å². The van der Waals surface area contributed by atoms with Crippen molar-refractivity contribution < 1.29 is 23.8 Å². The maximum atomic E-state index is 11.8. The molecule has 0 saturated heterocycles. The number of benzene rings is 1. The van der Waals surface area contributed by atoms with Gasteiger partial charge < -0.3 is 19.0 Å². The molecule has 0 aliphatic rings. The molecule has 0 radical (unpaired) electrons. The number of hydrogen-bond donors (Lipinski definition) is 1. The Hall–Kier alpha value is -1.63. The number of hydrogen-bond acceptors (Lipinski definition) is 6. The predicted octanol–water partition coefficient (Wildman–Crippen LogP) is 2.85. The van der Waals surface area contributed by atoms with Crippen LogP contribution in [0.2, 0.25) is 0 Å². The zero-order chi connectivity index (χ0) is 18.7.